The molecule has 2 aromatic rings. The Kier molecular flexibility index (Phi) is 8.37. The molecule has 0 aliphatic rings. The van der Waals surface area contributed by atoms with Crippen molar-refractivity contribution in [3.05, 3.63) is 64.7 Å². The highest BCUT2D eigenvalue weighted by molar-refractivity contribution is 5.99. The smallest absolute Gasteiger partial charge is 0.325 e. The number of carbonyl (C=O) groups excluding carboxylic acids is 4. The summed E-state index contributed by atoms with van der Waals surface area (Å²) >= 11 is 0. The second-order valence-electron chi connectivity index (χ2n) is 10.2. The molecule has 0 atom stereocenters. The average molecular weight is 468 g/mol. The Hall–Kier alpha value is -3.48. The standard InChI is InChI=1S/C27H33NO6/c1-17(29)34-22-10-8-18(9-11-22)23(30)16-33-24(31)15-28-25(32)19-12-20(26(2,3)4)14-21(13-19)27(5,6)7/h8-14H,15-16H2,1-7H3,(H,28,32). The molecule has 0 aromatic heterocycles. The highest BCUT2D eigenvalue weighted by Gasteiger charge is 2.22. The number of amides is 1. The second kappa shape index (κ2) is 10.6. The summed E-state index contributed by atoms with van der Waals surface area (Å²) in [6.07, 6.45) is 0. The Balaban J connectivity index is 1.96. The van der Waals surface area contributed by atoms with Crippen LogP contribution in [-0.4, -0.2) is 36.8 Å². The number of esters is 2. The average Bonchev–Trinajstić information content (AvgIpc) is 2.74. The van der Waals surface area contributed by atoms with Gasteiger partial charge in [-0.3, -0.25) is 19.2 Å². The Labute approximate surface area is 200 Å². The van der Waals surface area contributed by atoms with Crippen LogP contribution < -0.4 is 10.1 Å². The van der Waals surface area contributed by atoms with Gasteiger partial charge in [0.25, 0.3) is 5.91 Å². The van der Waals surface area contributed by atoms with Crippen LogP contribution in [0.3, 0.4) is 0 Å². The van der Waals surface area contributed by atoms with Crippen LogP contribution >= 0.6 is 0 Å². The van der Waals surface area contributed by atoms with Gasteiger partial charge in [0, 0.05) is 18.1 Å². The van der Waals surface area contributed by atoms with Crippen molar-refractivity contribution < 1.29 is 28.7 Å². The molecule has 2 rings (SSSR count). The van der Waals surface area contributed by atoms with E-state index in [0.29, 0.717) is 16.9 Å². The number of Topliss-reactive ketones (excluding diaryl/α,β-unsaturated/α-hetero) is 1. The van der Waals surface area contributed by atoms with Crippen LogP contribution in [-0.2, 0) is 25.2 Å². The summed E-state index contributed by atoms with van der Waals surface area (Å²) in [7, 11) is 0. The minimum Gasteiger partial charge on any atom is -0.456 e. The van der Waals surface area contributed by atoms with Crippen molar-refractivity contribution in [3.8, 4) is 5.75 Å². The number of hydrogen-bond donors (Lipinski definition) is 1. The maximum atomic E-state index is 12.8. The van der Waals surface area contributed by atoms with E-state index in [0.717, 1.165) is 11.1 Å². The van der Waals surface area contributed by atoms with Gasteiger partial charge in [-0.1, -0.05) is 47.6 Å². The first-order valence-corrected chi connectivity index (χ1v) is 11.1. The molecule has 2 aromatic carbocycles. The van der Waals surface area contributed by atoms with E-state index < -0.39 is 24.3 Å². The van der Waals surface area contributed by atoms with Gasteiger partial charge in [-0.05, 0) is 58.4 Å². The van der Waals surface area contributed by atoms with Crippen LogP contribution in [0.5, 0.6) is 5.75 Å². The lowest BCUT2D eigenvalue weighted by atomic mass is 9.79. The monoisotopic (exact) mass is 467 g/mol. The van der Waals surface area contributed by atoms with Crippen molar-refractivity contribution in [1.29, 1.82) is 0 Å². The van der Waals surface area contributed by atoms with Gasteiger partial charge >= 0.3 is 11.9 Å². The van der Waals surface area contributed by atoms with Crippen LogP contribution in [0.1, 0.15) is 80.3 Å². The lowest BCUT2D eigenvalue weighted by Crippen LogP contribution is -2.32. The van der Waals surface area contributed by atoms with Gasteiger partial charge in [-0.15, -0.1) is 0 Å². The number of benzene rings is 2. The minimum atomic E-state index is -0.721. The fourth-order valence-corrected chi connectivity index (χ4v) is 3.03. The summed E-state index contributed by atoms with van der Waals surface area (Å²) in [6, 6.07) is 11.7. The zero-order valence-corrected chi connectivity index (χ0v) is 20.9. The summed E-state index contributed by atoms with van der Waals surface area (Å²) in [5, 5.41) is 2.57. The Bertz CT molecular complexity index is 1040. The van der Waals surface area contributed by atoms with Crippen LogP contribution in [0.25, 0.3) is 0 Å². The molecule has 182 valence electrons. The number of carbonyl (C=O) groups is 4. The normalized spacial score (nSPS) is 11.5. The van der Waals surface area contributed by atoms with Gasteiger partial charge in [0.1, 0.15) is 12.3 Å². The summed E-state index contributed by atoms with van der Waals surface area (Å²) in [5.41, 5.74) is 2.53. The maximum absolute atomic E-state index is 12.8. The van der Waals surface area contributed by atoms with E-state index in [2.05, 4.69) is 52.9 Å². The maximum Gasteiger partial charge on any atom is 0.325 e. The highest BCUT2D eigenvalue weighted by atomic mass is 16.5. The first-order chi connectivity index (χ1) is 15.7. The first kappa shape index (κ1) is 26.8. The fraction of sp³-hybridized carbons (Fsp3) is 0.407. The van der Waals surface area contributed by atoms with Crippen LogP contribution in [0, 0.1) is 0 Å². The molecule has 1 amide bonds. The molecule has 1 N–H and O–H groups in total. The number of ether oxygens (including phenoxy) is 2. The number of ketones is 1. The first-order valence-electron chi connectivity index (χ1n) is 11.1. The van der Waals surface area contributed by atoms with Gasteiger partial charge in [0.2, 0.25) is 0 Å². The van der Waals surface area contributed by atoms with Crippen molar-refractivity contribution >= 4 is 23.6 Å². The topological polar surface area (TPSA) is 98.8 Å². The molecule has 7 heteroatoms. The van der Waals surface area contributed by atoms with E-state index in [1.54, 1.807) is 0 Å². The predicted molar refractivity (Wildman–Crippen MR) is 129 cm³/mol. The summed E-state index contributed by atoms with van der Waals surface area (Å²) < 4.78 is 9.92. The van der Waals surface area contributed by atoms with Crippen molar-refractivity contribution in [1.82, 2.24) is 5.32 Å². The molecule has 0 spiro atoms. The zero-order chi connectivity index (χ0) is 25.7. The minimum absolute atomic E-state index is 0.147. The lowest BCUT2D eigenvalue weighted by Gasteiger charge is -2.26. The van der Waals surface area contributed by atoms with Crippen LogP contribution in [0.2, 0.25) is 0 Å². The highest BCUT2D eigenvalue weighted by Crippen LogP contribution is 2.30. The molecule has 0 saturated carbocycles. The molecule has 0 radical (unpaired) electrons. The van der Waals surface area contributed by atoms with E-state index in [-0.39, 0.29) is 23.3 Å². The lowest BCUT2D eigenvalue weighted by molar-refractivity contribution is -0.141. The van der Waals surface area contributed by atoms with Gasteiger partial charge in [0.15, 0.2) is 12.4 Å². The zero-order valence-electron chi connectivity index (χ0n) is 20.9. The van der Waals surface area contributed by atoms with E-state index in [9.17, 15) is 19.2 Å². The van der Waals surface area contributed by atoms with Crippen molar-refractivity contribution in [2.75, 3.05) is 13.2 Å². The van der Waals surface area contributed by atoms with Crippen molar-refractivity contribution in [3.63, 3.8) is 0 Å². The molecule has 0 saturated heterocycles. The molecule has 34 heavy (non-hydrogen) atoms. The predicted octanol–water partition coefficient (Wildman–Crippen LogP) is 4.36. The number of hydrogen-bond acceptors (Lipinski definition) is 6. The summed E-state index contributed by atoms with van der Waals surface area (Å²) in [6.45, 7) is 12.9. The SMILES string of the molecule is CC(=O)Oc1ccc(C(=O)COC(=O)CNC(=O)c2cc(C(C)(C)C)cc(C(C)(C)C)c2)cc1. The Morgan fingerprint density at radius 2 is 1.32 bits per heavy atom. The van der Waals surface area contributed by atoms with E-state index in [4.69, 9.17) is 9.47 Å². The third kappa shape index (κ3) is 7.83. The second-order valence-corrected chi connectivity index (χ2v) is 10.2. The Morgan fingerprint density at radius 3 is 1.79 bits per heavy atom. The third-order valence-electron chi connectivity index (χ3n) is 5.12. The van der Waals surface area contributed by atoms with Crippen LogP contribution in [0.15, 0.2) is 42.5 Å². The molecule has 0 heterocycles. The molecule has 0 fully saturated rings. The van der Waals surface area contributed by atoms with E-state index >= 15 is 0 Å². The summed E-state index contributed by atoms with van der Waals surface area (Å²) in [5.74, 6) is -1.67. The number of nitrogens with one attached hydrogen (secondary N) is 1. The molecule has 0 aliphatic heterocycles. The fourth-order valence-electron chi connectivity index (χ4n) is 3.03. The van der Waals surface area contributed by atoms with Gasteiger partial charge in [-0.2, -0.15) is 0 Å². The van der Waals surface area contributed by atoms with Crippen LogP contribution in [0.4, 0.5) is 0 Å². The molecule has 7 nitrogen and oxygen atoms in total. The van der Waals surface area contributed by atoms with Crippen molar-refractivity contribution in [2.45, 2.75) is 59.3 Å². The molecule has 0 bridgehead atoms. The molecular weight excluding hydrogens is 434 g/mol. The van der Waals surface area contributed by atoms with Gasteiger partial charge < -0.3 is 14.8 Å². The summed E-state index contributed by atoms with van der Waals surface area (Å²) in [4.78, 5) is 48.0. The number of rotatable bonds is 7. The largest absolute Gasteiger partial charge is 0.456 e. The van der Waals surface area contributed by atoms with Gasteiger partial charge in [-0.25, -0.2) is 0 Å². The van der Waals surface area contributed by atoms with E-state index in [1.807, 2.05) is 12.1 Å². The van der Waals surface area contributed by atoms with Gasteiger partial charge in [0.05, 0.1) is 0 Å². The van der Waals surface area contributed by atoms with Crippen molar-refractivity contribution in [2.24, 2.45) is 0 Å². The Morgan fingerprint density at radius 1 is 0.794 bits per heavy atom. The quantitative estimate of drug-likeness (QED) is 0.369. The molecular formula is C27H33NO6. The molecule has 0 aliphatic carbocycles. The van der Waals surface area contributed by atoms with E-state index in [1.165, 1.54) is 31.2 Å². The third-order valence-corrected chi connectivity index (χ3v) is 5.12. The molecule has 0 unspecified atom stereocenters.